The Kier molecular flexibility index (Phi) is 10.7. The van der Waals surface area contributed by atoms with Gasteiger partial charge in [-0.2, -0.15) is 5.10 Å². The molecule has 0 aliphatic carbocycles. The lowest BCUT2D eigenvalue weighted by atomic mass is 9.82. The van der Waals surface area contributed by atoms with Gasteiger partial charge in [-0.15, -0.1) is 0 Å². The Morgan fingerprint density at radius 3 is 2.36 bits per heavy atom. The number of nitro benzene ring substituents is 1. The lowest BCUT2D eigenvalue weighted by Crippen LogP contribution is -2.46. The summed E-state index contributed by atoms with van der Waals surface area (Å²) in [5, 5.41) is 28.1. The predicted octanol–water partition coefficient (Wildman–Crippen LogP) is 5.88. The van der Waals surface area contributed by atoms with Gasteiger partial charge in [0.2, 0.25) is 11.8 Å². The van der Waals surface area contributed by atoms with Gasteiger partial charge in [0.15, 0.2) is 13.9 Å². The first-order chi connectivity index (χ1) is 26.8. The van der Waals surface area contributed by atoms with Crippen molar-refractivity contribution in [2.45, 2.75) is 69.6 Å². The molecule has 3 amide bonds. The van der Waals surface area contributed by atoms with Crippen LogP contribution < -0.4 is 9.91 Å². The number of non-ortho nitro benzene ring substituents is 1. The quantitative estimate of drug-likeness (QED) is 0.102. The first-order valence-electron chi connectivity index (χ1n) is 18.8. The minimum absolute atomic E-state index is 0.0438. The predicted molar refractivity (Wildman–Crippen MR) is 213 cm³/mol. The highest BCUT2D eigenvalue weighted by atomic mass is 28.4. The second kappa shape index (κ2) is 15.5. The van der Waals surface area contributed by atoms with Crippen LogP contribution in [-0.2, 0) is 37.8 Å². The van der Waals surface area contributed by atoms with Crippen LogP contribution in [0.25, 0.3) is 0 Å². The van der Waals surface area contributed by atoms with Crippen molar-refractivity contribution in [2.75, 3.05) is 23.1 Å². The van der Waals surface area contributed by atoms with Crippen LogP contribution in [0.5, 0.6) is 0 Å². The third-order valence-corrected chi connectivity index (χ3v) is 13.6. The maximum absolute atomic E-state index is 15.1. The zero-order chi connectivity index (χ0) is 39.8. The van der Waals surface area contributed by atoms with Crippen molar-refractivity contribution in [2.24, 2.45) is 11.0 Å². The molecule has 4 aromatic carbocycles. The first-order valence-corrected chi connectivity index (χ1v) is 21.8. The van der Waals surface area contributed by atoms with E-state index in [-0.39, 0.29) is 56.6 Å². The van der Waals surface area contributed by atoms with E-state index in [1.807, 2.05) is 73.7 Å². The number of nitrogens with zero attached hydrogens (tertiary/aromatic N) is 5. The third kappa shape index (κ3) is 7.28. The number of hydrogen-bond donors (Lipinski definition) is 2. The Hall–Kier alpha value is -5.54. The van der Waals surface area contributed by atoms with Gasteiger partial charge in [-0.25, -0.2) is 5.01 Å². The van der Waals surface area contributed by atoms with E-state index in [0.29, 0.717) is 28.9 Å². The molecule has 4 aromatic rings. The standard InChI is InChI=1S/C42H45N5O8Si/c1-28-40(56(2,3)54)37(25-39(50)44(21-22-48)26-29-11-6-4-7-12-29)55-42(28)34-24-33(47(52)53)17-19-36(34)45(41(42)51)27-30-13-10-16-32(23-30)46-38(49)20-18-35(43-46)31-14-8-5-9-15-31/h4-17,19,23-24,28,37,40,48,54H,18,20-22,25-27H2,1-3H3/t28-,37+,40-,42+/m1/s1. The average molecular weight is 776 g/mol. The zero-order valence-electron chi connectivity index (χ0n) is 31.6. The van der Waals surface area contributed by atoms with Gasteiger partial charge in [0.05, 0.1) is 47.7 Å². The number of carbonyl (C=O) groups excluding carboxylic acids is 3. The molecule has 0 radical (unpaired) electrons. The second-order valence-electron chi connectivity index (χ2n) is 15.2. The highest BCUT2D eigenvalue weighted by Gasteiger charge is 2.66. The van der Waals surface area contributed by atoms with Crippen molar-refractivity contribution in [3.8, 4) is 0 Å². The number of benzene rings is 4. The molecule has 0 bridgehead atoms. The molecule has 2 N–H and O–H groups in total. The fourth-order valence-electron chi connectivity index (χ4n) is 8.61. The molecule has 14 heteroatoms. The number of hydrazone groups is 1. The van der Waals surface area contributed by atoms with E-state index in [2.05, 4.69) is 0 Å². The number of carbonyl (C=O) groups is 3. The van der Waals surface area contributed by atoms with Crippen molar-refractivity contribution in [1.29, 1.82) is 0 Å². The molecule has 3 heterocycles. The molecule has 0 saturated carbocycles. The number of aliphatic hydroxyl groups is 1. The van der Waals surface area contributed by atoms with E-state index >= 15 is 4.79 Å². The number of anilines is 2. The van der Waals surface area contributed by atoms with Crippen LogP contribution in [0.2, 0.25) is 18.6 Å². The van der Waals surface area contributed by atoms with E-state index < -0.39 is 42.3 Å². The summed E-state index contributed by atoms with van der Waals surface area (Å²) in [5.41, 5.74) is 1.96. The highest BCUT2D eigenvalue weighted by molar-refractivity contribution is 6.71. The van der Waals surface area contributed by atoms with Gasteiger partial charge in [-0.1, -0.05) is 79.7 Å². The minimum atomic E-state index is -3.18. The van der Waals surface area contributed by atoms with Crippen molar-refractivity contribution in [3.05, 3.63) is 135 Å². The van der Waals surface area contributed by atoms with E-state index in [1.165, 1.54) is 26.9 Å². The number of aliphatic hydroxyl groups excluding tert-OH is 1. The molecule has 4 atom stereocenters. The number of ether oxygens (including phenoxy) is 1. The smallest absolute Gasteiger partial charge is 0.269 e. The lowest BCUT2D eigenvalue weighted by Gasteiger charge is -2.32. The number of fused-ring (bicyclic) bond motifs is 2. The van der Waals surface area contributed by atoms with Crippen LogP contribution >= 0.6 is 0 Å². The van der Waals surface area contributed by atoms with Gasteiger partial charge >= 0.3 is 0 Å². The van der Waals surface area contributed by atoms with Gasteiger partial charge in [-0.3, -0.25) is 24.5 Å². The molecule has 1 spiro atoms. The summed E-state index contributed by atoms with van der Waals surface area (Å²) < 4.78 is 6.82. The van der Waals surface area contributed by atoms with Crippen LogP contribution in [0.1, 0.15) is 48.4 Å². The Morgan fingerprint density at radius 1 is 0.982 bits per heavy atom. The molecule has 0 unspecified atom stereocenters. The molecular formula is C42H45N5O8Si. The second-order valence-corrected chi connectivity index (χ2v) is 19.2. The van der Waals surface area contributed by atoms with Crippen LogP contribution in [0, 0.1) is 16.0 Å². The van der Waals surface area contributed by atoms with Gasteiger partial charge < -0.3 is 24.4 Å². The molecule has 0 aromatic heterocycles. The molecular weight excluding hydrogens is 731 g/mol. The molecule has 290 valence electrons. The van der Waals surface area contributed by atoms with Crippen molar-refractivity contribution >= 4 is 48.8 Å². The molecule has 13 nitrogen and oxygen atoms in total. The van der Waals surface area contributed by atoms with Crippen molar-refractivity contribution in [3.63, 3.8) is 0 Å². The van der Waals surface area contributed by atoms with Gasteiger partial charge in [-0.05, 0) is 48.0 Å². The molecule has 3 aliphatic rings. The normalized spacial score (nSPS) is 22.0. The maximum Gasteiger partial charge on any atom is 0.269 e. The van der Waals surface area contributed by atoms with E-state index in [4.69, 9.17) is 9.84 Å². The Balaban J connectivity index is 1.23. The van der Waals surface area contributed by atoms with E-state index in [0.717, 1.165) is 16.8 Å². The summed E-state index contributed by atoms with van der Waals surface area (Å²) in [6.07, 6.45) is -0.276. The maximum atomic E-state index is 15.1. The fraction of sp³-hybridized carbons (Fsp3) is 0.333. The Labute approximate surface area is 326 Å². The Bertz CT molecular complexity index is 2180. The number of hydrogen-bond acceptors (Lipinski definition) is 9. The summed E-state index contributed by atoms with van der Waals surface area (Å²) in [5.74, 6) is -1.61. The zero-order valence-corrected chi connectivity index (χ0v) is 32.6. The number of nitro groups is 1. The van der Waals surface area contributed by atoms with Crippen molar-refractivity contribution < 1.29 is 33.9 Å². The molecule has 3 aliphatic heterocycles. The minimum Gasteiger partial charge on any atom is -0.432 e. The van der Waals surface area contributed by atoms with Crippen LogP contribution in [0.4, 0.5) is 17.1 Å². The lowest BCUT2D eigenvalue weighted by molar-refractivity contribution is -0.385. The highest BCUT2D eigenvalue weighted by Crippen LogP contribution is 2.60. The monoisotopic (exact) mass is 775 g/mol. The summed E-state index contributed by atoms with van der Waals surface area (Å²) in [6, 6.07) is 30.5. The molecule has 1 saturated heterocycles. The third-order valence-electron chi connectivity index (χ3n) is 11.1. The van der Waals surface area contributed by atoms with Gasteiger partial charge in [0.1, 0.15) is 0 Å². The average Bonchev–Trinajstić information content (AvgIpc) is 3.61. The molecule has 7 rings (SSSR count). The Morgan fingerprint density at radius 2 is 1.68 bits per heavy atom. The number of amides is 3. The largest absolute Gasteiger partial charge is 0.432 e. The summed E-state index contributed by atoms with van der Waals surface area (Å²) in [6.45, 7) is 5.41. The van der Waals surface area contributed by atoms with Crippen molar-refractivity contribution in [1.82, 2.24) is 4.90 Å². The van der Waals surface area contributed by atoms with Crippen LogP contribution in [-0.4, -0.2) is 70.7 Å². The number of rotatable bonds is 12. The van der Waals surface area contributed by atoms with Crippen LogP contribution in [0.3, 0.4) is 0 Å². The summed E-state index contributed by atoms with van der Waals surface area (Å²) in [7, 11) is -3.18. The van der Waals surface area contributed by atoms with Crippen LogP contribution in [0.15, 0.2) is 108 Å². The van der Waals surface area contributed by atoms with Gasteiger partial charge in [0, 0.05) is 55.1 Å². The molecule has 1 fully saturated rings. The molecule has 56 heavy (non-hydrogen) atoms. The van der Waals surface area contributed by atoms with Gasteiger partial charge in [0.25, 0.3) is 11.6 Å². The van der Waals surface area contributed by atoms with E-state index in [1.54, 1.807) is 37.4 Å². The topological polar surface area (TPSA) is 166 Å². The summed E-state index contributed by atoms with van der Waals surface area (Å²) in [4.78, 5) is 68.6. The SMILES string of the molecule is C[C@@H]1[C@@H]([Si](C)(C)O)[C@H](CC(=O)N(CCO)Cc2ccccc2)O[C@@]12C(=O)N(Cc1cccc(N3N=C(c4ccccc4)CCC3=O)c1)c1ccc([N+](=O)[O-])cc12. The summed E-state index contributed by atoms with van der Waals surface area (Å²) >= 11 is 0. The van der Waals surface area contributed by atoms with E-state index in [9.17, 15) is 29.6 Å². The fourth-order valence-corrected chi connectivity index (χ4v) is 11.2. The first kappa shape index (κ1) is 38.7.